The average Bonchev–Trinajstić information content (AvgIpc) is 3.49. The van der Waals surface area contributed by atoms with Gasteiger partial charge in [-0.15, -0.1) is 0 Å². The van der Waals surface area contributed by atoms with Crippen molar-refractivity contribution in [2.75, 3.05) is 36.3 Å². The lowest BCUT2D eigenvalue weighted by Gasteiger charge is -2.20. The SMILES string of the molecule is CCN(CC)CCn1c(NC(=O)c2ccc(Cl)c(S(=O)(=O)N(C)c3c(C)n(C)n(-c4ccccc4)c3=O)c2)nc2ccccc21. The van der Waals surface area contributed by atoms with Crippen LogP contribution in [0.2, 0.25) is 5.02 Å². The first-order valence-electron chi connectivity index (χ1n) is 14.6. The first kappa shape index (κ1) is 32.0. The molecule has 0 fully saturated rings. The lowest BCUT2D eigenvalue weighted by Crippen LogP contribution is -2.32. The van der Waals surface area contributed by atoms with Crippen LogP contribution in [0.25, 0.3) is 16.7 Å². The van der Waals surface area contributed by atoms with E-state index in [0.29, 0.717) is 23.9 Å². The quantitative estimate of drug-likeness (QED) is 0.218. The molecule has 1 N–H and O–H groups in total. The van der Waals surface area contributed by atoms with Crippen LogP contribution in [0.4, 0.5) is 11.6 Å². The molecule has 45 heavy (non-hydrogen) atoms. The van der Waals surface area contributed by atoms with E-state index in [1.807, 2.05) is 34.9 Å². The van der Waals surface area contributed by atoms with E-state index in [1.165, 1.54) is 29.9 Å². The van der Waals surface area contributed by atoms with Crippen molar-refractivity contribution in [3.63, 3.8) is 0 Å². The fourth-order valence-electron chi connectivity index (χ4n) is 5.38. The van der Waals surface area contributed by atoms with Gasteiger partial charge in [-0.1, -0.05) is 55.8 Å². The van der Waals surface area contributed by atoms with Gasteiger partial charge < -0.3 is 9.47 Å². The van der Waals surface area contributed by atoms with Gasteiger partial charge >= 0.3 is 0 Å². The Kier molecular flexibility index (Phi) is 9.19. The summed E-state index contributed by atoms with van der Waals surface area (Å²) >= 11 is 6.42. The van der Waals surface area contributed by atoms with Crippen LogP contribution in [0.1, 0.15) is 29.9 Å². The number of anilines is 2. The van der Waals surface area contributed by atoms with Crippen molar-refractivity contribution in [3.8, 4) is 5.69 Å². The van der Waals surface area contributed by atoms with Gasteiger partial charge in [-0.05, 0) is 62.5 Å². The van der Waals surface area contributed by atoms with Gasteiger partial charge in [0.05, 0.1) is 27.4 Å². The predicted octanol–water partition coefficient (Wildman–Crippen LogP) is 4.91. The van der Waals surface area contributed by atoms with Crippen molar-refractivity contribution in [1.82, 2.24) is 23.8 Å². The number of carbonyl (C=O) groups is 1. The van der Waals surface area contributed by atoms with E-state index in [2.05, 4.69) is 29.0 Å². The first-order valence-corrected chi connectivity index (χ1v) is 16.4. The number of aromatic nitrogens is 4. The van der Waals surface area contributed by atoms with Crippen LogP contribution in [0, 0.1) is 6.92 Å². The lowest BCUT2D eigenvalue weighted by atomic mass is 10.2. The summed E-state index contributed by atoms with van der Waals surface area (Å²) in [4.78, 5) is 33.7. The highest BCUT2D eigenvalue weighted by Crippen LogP contribution is 2.30. The summed E-state index contributed by atoms with van der Waals surface area (Å²) in [5, 5.41) is 2.79. The number of benzene rings is 3. The molecule has 0 bridgehead atoms. The van der Waals surface area contributed by atoms with Crippen LogP contribution < -0.4 is 15.2 Å². The number of nitrogens with zero attached hydrogens (tertiary/aromatic N) is 6. The number of carbonyl (C=O) groups excluding carboxylic acids is 1. The Morgan fingerprint density at radius 2 is 1.67 bits per heavy atom. The fraction of sp³-hybridized carbons (Fsp3) is 0.281. The minimum absolute atomic E-state index is 0.0332. The first-order chi connectivity index (χ1) is 21.5. The van der Waals surface area contributed by atoms with Crippen LogP contribution >= 0.6 is 11.6 Å². The highest BCUT2D eigenvalue weighted by Gasteiger charge is 2.31. The summed E-state index contributed by atoms with van der Waals surface area (Å²) in [6.45, 7) is 9.00. The molecule has 0 aliphatic heterocycles. The molecule has 11 nitrogen and oxygen atoms in total. The molecule has 1 amide bonds. The number of hydrogen-bond acceptors (Lipinski definition) is 6. The molecule has 236 valence electrons. The molecule has 0 radical (unpaired) electrons. The van der Waals surface area contributed by atoms with Crippen molar-refractivity contribution in [2.45, 2.75) is 32.2 Å². The molecule has 0 atom stereocenters. The monoisotopic (exact) mass is 649 g/mol. The minimum Gasteiger partial charge on any atom is -0.309 e. The fourth-order valence-corrected chi connectivity index (χ4v) is 7.13. The normalized spacial score (nSPS) is 11.8. The van der Waals surface area contributed by atoms with Gasteiger partial charge in [0.1, 0.15) is 10.6 Å². The number of rotatable bonds is 11. The molecule has 0 saturated carbocycles. The van der Waals surface area contributed by atoms with Gasteiger partial charge in [-0.2, -0.15) is 0 Å². The van der Waals surface area contributed by atoms with Gasteiger partial charge in [0.25, 0.3) is 21.5 Å². The standard InChI is InChI=1S/C32H36ClN7O4S/c1-6-38(7-2)19-20-39-27-16-12-11-15-26(27)34-32(39)35-30(41)23-17-18-25(33)28(21-23)45(43,44)37(5)29-22(3)36(4)40(31(29)42)24-13-9-8-10-14-24/h8-18,21H,6-7,19-20H2,1-5H3,(H,34,35,41). The summed E-state index contributed by atoms with van der Waals surface area (Å²) in [6.07, 6.45) is 0. The number of fused-ring (bicyclic) bond motifs is 1. The summed E-state index contributed by atoms with van der Waals surface area (Å²) in [7, 11) is -1.38. The maximum Gasteiger partial charge on any atom is 0.296 e. The number of halogens is 1. The smallest absolute Gasteiger partial charge is 0.296 e. The third kappa shape index (κ3) is 6.00. The van der Waals surface area contributed by atoms with E-state index in [1.54, 1.807) is 42.9 Å². The van der Waals surface area contributed by atoms with Gasteiger partial charge in [-0.3, -0.25) is 23.9 Å². The Balaban J connectivity index is 1.48. The molecule has 0 aliphatic carbocycles. The van der Waals surface area contributed by atoms with E-state index in [4.69, 9.17) is 11.6 Å². The van der Waals surface area contributed by atoms with Gasteiger partial charge in [0.2, 0.25) is 5.95 Å². The lowest BCUT2D eigenvalue weighted by molar-refractivity contribution is 0.102. The Labute approximate surface area is 267 Å². The molecular formula is C32H36ClN7O4S. The predicted molar refractivity (Wildman–Crippen MR) is 178 cm³/mol. The number of imidazole rings is 1. The molecule has 0 aliphatic rings. The number of likely N-dealkylation sites (N-methyl/N-ethyl adjacent to an activating group) is 1. The van der Waals surface area contributed by atoms with Crippen LogP contribution in [0.15, 0.2) is 82.5 Å². The maximum atomic E-state index is 14.0. The second-order valence-electron chi connectivity index (χ2n) is 10.6. The molecular weight excluding hydrogens is 614 g/mol. The second-order valence-corrected chi connectivity index (χ2v) is 12.9. The highest BCUT2D eigenvalue weighted by atomic mass is 35.5. The van der Waals surface area contributed by atoms with Crippen molar-refractivity contribution in [2.24, 2.45) is 7.05 Å². The average molecular weight is 650 g/mol. The Morgan fingerprint density at radius 3 is 2.36 bits per heavy atom. The molecule has 5 rings (SSSR count). The molecule has 2 aromatic heterocycles. The van der Waals surface area contributed by atoms with E-state index in [0.717, 1.165) is 35.0 Å². The number of hydrogen-bond donors (Lipinski definition) is 1. The number of sulfonamides is 1. The van der Waals surface area contributed by atoms with Crippen molar-refractivity contribution < 1.29 is 13.2 Å². The molecule has 5 aromatic rings. The molecule has 0 saturated heterocycles. The highest BCUT2D eigenvalue weighted by molar-refractivity contribution is 7.93. The van der Waals surface area contributed by atoms with Crippen molar-refractivity contribution in [1.29, 1.82) is 0 Å². The number of nitrogens with one attached hydrogen (secondary N) is 1. The number of para-hydroxylation sites is 3. The largest absolute Gasteiger partial charge is 0.309 e. The zero-order valence-corrected chi connectivity index (χ0v) is 27.4. The van der Waals surface area contributed by atoms with E-state index >= 15 is 0 Å². The molecule has 0 unspecified atom stereocenters. The van der Waals surface area contributed by atoms with E-state index < -0.39 is 21.5 Å². The van der Waals surface area contributed by atoms with Crippen LogP contribution in [0.5, 0.6) is 0 Å². The number of amides is 1. The minimum atomic E-state index is -4.37. The molecule has 13 heteroatoms. The van der Waals surface area contributed by atoms with Crippen LogP contribution in [-0.2, 0) is 23.6 Å². The van der Waals surface area contributed by atoms with Crippen molar-refractivity contribution in [3.05, 3.63) is 99.4 Å². The molecule has 0 spiro atoms. The van der Waals surface area contributed by atoms with Gasteiger partial charge in [-0.25, -0.2) is 18.1 Å². The van der Waals surface area contributed by atoms with Gasteiger partial charge in [0.15, 0.2) is 0 Å². The zero-order chi connectivity index (χ0) is 32.5. The molecule has 3 aromatic carbocycles. The summed E-state index contributed by atoms with van der Waals surface area (Å²) < 4.78 is 33.8. The third-order valence-corrected chi connectivity index (χ3v) is 10.3. The topological polar surface area (TPSA) is 114 Å². The Hall–Kier alpha value is -4.39. The summed E-state index contributed by atoms with van der Waals surface area (Å²) in [6, 6.07) is 20.6. The Bertz CT molecular complexity index is 2030. The van der Waals surface area contributed by atoms with Crippen LogP contribution in [-0.4, -0.2) is 64.8 Å². The van der Waals surface area contributed by atoms with E-state index in [-0.39, 0.29) is 21.2 Å². The summed E-state index contributed by atoms with van der Waals surface area (Å²) in [5.41, 5.74) is 2.15. The Morgan fingerprint density at radius 1 is 1.00 bits per heavy atom. The van der Waals surface area contributed by atoms with Crippen molar-refractivity contribution >= 4 is 50.2 Å². The summed E-state index contributed by atoms with van der Waals surface area (Å²) in [5.74, 6) is -0.196. The maximum absolute atomic E-state index is 14.0. The van der Waals surface area contributed by atoms with Crippen LogP contribution in [0.3, 0.4) is 0 Å². The second kappa shape index (κ2) is 12.9. The van der Waals surface area contributed by atoms with Gasteiger partial charge in [0, 0.05) is 32.7 Å². The van der Waals surface area contributed by atoms with E-state index in [9.17, 15) is 18.0 Å². The molecule has 2 heterocycles. The third-order valence-electron chi connectivity index (χ3n) is 8.08. The zero-order valence-electron chi connectivity index (χ0n) is 25.9.